The number of carbonyl (C=O) groups excluding carboxylic acids is 1. The van der Waals surface area contributed by atoms with Gasteiger partial charge in [-0.25, -0.2) is 0 Å². The first-order chi connectivity index (χ1) is 9.95. The molecule has 0 aromatic heterocycles. The summed E-state index contributed by atoms with van der Waals surface area (Å²) in [6, 6.07) is 9.10. The smallest absolute Gasteiger partial charge is 0.305 e. The molecule has 0 bridgehead atoms. The highest BCUT2D eigenvalue weighted by molar-refractivity contribution is 5.82. The van der Waals surface area contributed by atoms with Crippen LogP contribution in [0.4, 0.5) is 0 Å². The number of aliphatic carboxylic acids is 1. The minimum absolute atomic E-state index is 0.0638. The number of hydrogen-bond acceptors (Lipinski definition) is 3. The van der Waals surface area contributed by atoms with Gasteiger partial charge in [-0.3, -0.25) is 9.59 Å². The van der Waals surface area contributed by atoms with Crippen molar-refractivity contribution in [3.63, 3.8) is 0 Å². The first kappa shape index (κ1) is 17.0. The Kier molecular flexibility index (Phi) is 6.72. The van der Waals surface area contributed by atoms with Crippen LogP contribution < -0.4 is 4.74 Å². The number of carbonyl (C=O) groups is 2. The zero-order valence-electron chi connectivity index (χ0n) is 12.8. The van der Waals surface area contributed by atoms with Crippen molar-refractivity contribution in [1.29, 1.82) is 0 Å². The Labute approximate surface area is 125 Å². The summed E-state index contributed by atoms with van der Waals surface area (Å²) < 4.78 is 5.72. The predicted molar refractivity (Wildman–Crippen MR) is 80.3 cm³/mol. The standard InChI is InChI=1S/C16H23NO4/c1-4-14(21-13-8-6-5-7-9-13)16(20)17(12(2)3)11-10-15(18)19/h5-9,12,14H,4,10-11H2,1-3H3,(H,18,19). The molecular weight excluding hydrogens is 270 g/mol. The second-order valence-corrected chi connectivity index (χ2v) is 5.10. The maximum absolute atomic E-state index is 12.5. The van der Waals surface area contributed by atoms with Gasteiger partial charge in [0, 0.05) is 12.6 Å². The van der Waals surface area contributed by atoms with Gasteiger partial charge in [-0.15, -0.1) is 0 Å². The van der Waals surface area contributed by atoms with Crippen molar-refractivity contribution >= 4 is 11.9 Å². The largest absolute Gasteiger partial charge is 0.481 e. The van der Waals surface area contributed by atoms with Crippen molar-refractivity contribution in [2.45, 2.75) is 45.8 Å². The average Bonchev–Trinajstić information content (AvgIpc) is 2.45. The summed E-state index contributed by atoms with van der Waals surface area (Å²) in [7, 11) is 0. The SMILES string of the molecule is CCC(Oc1ccccc1)C(=O)N(CCC(=O)O)C(C)C. The van der Waals surface area contributed by atoms with Crippen molar-refractivity contribution in [3.8, 4) is 5.75 Å². The van der Waals surface area contributed by atoms with E-state index < -0.39 is 12.1 Å². The molecule has 0 fully saturated rings. The van der Waals surface area contributed by atoms with E-state index in [9.17, 15) is 9.59 Å². The molecule has 0 heterocycles. The minimum atomic E-state index is -0.912. The van der Waals surface area contributed by atoms with Crippen molar-refractivity contribution in [2.75, 3.05) is 6.54 Å². The van der Waals surface area contributed by atoms with Gasteiger partial charge >= 0.3 is 5.97 Å². The van der Waals surface area contributed by atoms with E-state index in [0.717, 1.165) is 0 Å². The van der Waals surface area contributed by atoms with Gasteiger partial charge in [0.1, 0.15) is 5.75 Å². The molecule has 1 rings (SSSR count). The highest BCUT2D eigenvalue weighted by atomic mass is 16.5. The van der Waals surface area contributed by atoms with Gasteiger partial charge in [0.05, 0.1) is 6.42 Å². The monoisotopic (exact) mass is 293 g/mol. The van der Waals surface area contributed by atoms with Crippen LogP contribution in [0.3, 0.4) is 0 Å². The second-order valence-electron chi connectivity index (χ2n) is 5.10. The van der Waals surface area contributed by atoms with Crippen LogP contribution in [0.5, 0.6) is 5.75 Å². The zero-order chi connectivity index (χ0) is 15.8. The molecule has 116 valence electrons. The van der Waals surface area contributed by atoms with Crippen LogP contribution in [0.2, 0.25) is 0 Å². The fourth-order valence-corrected chi connectivity index (χ4v) is 2.00. The van der Waals surface area contributed by atoms with Crippen LogP contribution in [-0.2, 0) is 9.59 Å². The van der Waals surface area contributed by atoms with Gasteiger partial charge in [-0.05, 0) is 32.4 Å². The summed E-state index contributed by atoms with van der Waals surface area (Å²) >= 11 is 0. The van der Waals surface area contributed by atoms with E-state index in [-0.39, 0.29) is 24.9 Å². The van der Waals surface area contributed by atoms with Crippen LogP contribution >= 0.6 is 0 Å². The number of carboxylic acids is 1. The topological polar surface area (TPSA) is 66.8 Å². The van der Waals surface area contributed by atoms with Crippen LogP contribution in [0.1, 0.15) is 33.6 Å². The first-order valence-electron chi connectivity index (χ1n) is 7.19. The molecule has 1 amide bonds. The molecule has 21 heavy (non-hydrogen) atoms. The van der Waals surface area contributed by atoms with E-state index in [0.29, 0.717) is 12.2 Å². The lowest BCUT2D eigenvalue weighted by Crippen LogP contribution is -2.46. The van der Waals surface area contributed by atoms with Crippen LogP contribution in [0, 0.1) is 0 Å². The van der Waals surface area contributed by atoms with E-state index in [4.69, 9.17) is 9.84 Å². The molecule has 1 unspecified atom stereocenters. The molecule has 0 saturated heterocycles. The first-order valence-corrected chi connectivity index (χ1v) is 7.19. The number of ether oxygens (including phenoxy) is 1. The van der Waals surface area contributed by atoms with Gasteiger partial charge in [0.2, 0.25) is 0 Å². The second kappa shape index (κ2) is 8.29. The average molecular weight is 293 g/mol. The number of carboxylic acid groups (broad SMARTS) is 1. The van der Waals surface area contributed by atoms with Gasteiger partial charge in [-0.1, -0.05) is 25.1 Å². The molecule has 0 saturated carbocycles. The number of hydrogen-bond donors (Lipinski definition) is 1. The molecule has 1 aromatic carbocycles. The molecule has 0 aliphatic rings. The number of nitrogens with zero attached hydrogens (tertiary/aromatic N) is 1. The van der Waals surface area contributed by atoms with Crippen LogP contribution in [0.15, 0.2) is 30.3 Å². The number of amides is 1. The highest BCUT2D eigenvalue weighted by Crippen LogP contribution is 2.15. The van der Waals surface area contributed by atoms with Gasteiger partial charge in [0.15, 0.2) is 6.10 Å². The van der Waals surface area contributed by atoms with E-state index >= 15 is 0 Å². The maximum Gasteiger partial charge on any atom is 0.305 e. The minimum Gasteiger partial charge on any atom is -0.481 e. The summed E-state index contributed by atoms with van der Waals surface area (Å²) in [6.07, 6.45) is -0.126. The van der Waals surface area contributed by atoms with Crippen LogP contribution in [-0.4, -0.2) is 40.6 Å². The third-order valence-corrected chi connectivity index (χ3v) is 3.14. The Hall–Kier alpha value is -2.04. The van der Waals surface area contributed by atoms with Crippen LogP contribution in [0.25, 0.3) is 0 Å². The lowest BCUT2D eigenvalue weighted by Gasteiger charge is -2.30. The molecule has 1 N–H and O–H groups in total. The molecule has 0 aliphatic carbocycles. The Morgan fingerprint density at radius 3 is 2.33 bits per heavy atom. The quantitative estimate of drug-likeness (QED) is 0.800. The third-order valence-electron chi connectivity index (χ3n) is 3.14. The molecule has 0 radical (unpaired) electrons. The maximum atomic E-state index is 12.5. The van der Waals surface area contributed by atoms with Gasteiger partial charge < -0.3 is 14.7 Å². The number of benzene rings is 1. The summed E-state index contributed by atoms with van der Waals surface area (Å²) in [5, 5.41) is 8.79. The summed E-state index contributed by atoms with van der Waals surface area (Å²) in [6.45, 7) is 5.81. The lowest BCUT2D eigenvalue weighted by atomic mass is 10.2. The van der Waals surface area contributed by atoms with E-state index in [1.165, 1.54) is 0 Å². The zero-order valence-corrected chi connectivity index (χ0v) is 12.8. The normalized spacial score (nSPS) is 12.0. The molecular formula is C16H23NO4. The summed E-state index contributed by atoms with van der Waals surface area (Å²) in [5.41, 5.74) is 0. The Morgan fingerprint density at radius 1 is 1.24 bits per heavy atom. The molecule has 5 nitrogen and oxygen atoms in total. The number of rotatable bonds is 8. The Bertz CT molecular complexity index is 459. The van der Waals surface area contributed by atoms with Gasteiger partial charge in [-0.2, -0.15) is 0 Å². The molecule has 1 atom stereocenters. The molecule has 0 aliphatic heterocycles. The van der Waals surface area contributed by atoms with E-state index in [1.54, 1.807) is 17.0 Å². The van der Waals surface area contributed by atoms with Crippen molar-refractivity contribution in [1.82, 2.24) is 4.90 Å². The van der Waals surface area contributed by atoms with Crippen molar-refractivity contribution in [2.24, 2.45) is 0 Å². The Morgan fingerprint density at radius 2 is 1.86 bits per heavy atom. The highest BCUT2D eigenvalue weighted by Gasteiger charge is 2.26. The predicted octanol–water partition coefficient (Wildman–Crippen LogP) is 2.56. The summed E-state index contributed by atoms with van der Waals surface area (Å²) in [5.74, 6) is -0.442. The van der Waals surface area contributed by atoms with Gasteiger partial charge in [0.25, 0.3) is 5.91 Å². The number of para-hydroxylation sites is 1. The van der Waals surface area contributed by atoms with E-state index in [2.05, 4.69) is 0 Å². The van der Waals surface area contributed by atoms with E-state index in [1.807, 2.05) is 39.0 Å². The third kappa shape index (κ3) is 5.45. The molecule has 1 aromatic rings. The Balaban J connectivity index is 2.76. The fraction of sp³-hybridized carbons (Fsp3) is 0.500. The molecule has 0 spiro atoms. The van der Waals surface area contributed by atoms with Crippen molar-refractivity contribution < 1.29 is 19.4 Å². The van der Waals surface area contributed by atoms with Crippen molar-refractivity contribution in [3.05, 3.63) is 30.3 Å². The lowest BCUT2D eigenvalue weighted by molar-refractivity contribution is -0.143. The fourth-order valence-electron chi connectivity index (χ4n) is 2.00. The molecule has 5 heteroatoms. The summed E-state index contributed by atoms with van der Waals surface area (Å²) in [4.78, 5) is 24.8.